The molecular formula is C13H15F3O2. The van der Waals surface area contributed by atoms with Crippen LogP contribution in [-0.4, -0.2) is 11.6 Å². The predicted molar refractivity (Wildman–Crippen MR) is 61.0 cm³/mol. The Bertz CT molecular complexity index is 431. The quantitative estimate of drug-likeness (QED) is 0.759. The number of carbonyl (C=O) groups is 1. The molecule has 1 aromatic carbocycles. The van der Waals surface area contributed by atoms with Gasteiger partial charge in [-0.1, -0.05) is 18.2 Å². The topological polar surface area (TPSA) is 26.3 Å². The summed E-state index contributed by atoms with van der Waals surface area (Å²) in [7, 11) is 0. The summed E-state index contributed by atoms with van der Waals surface area (Å²) in [5.74, 6) is -0.540. The lowest BCUT2D eigenvalue weighted by atomic mass is 10.1. The number of halogens is 3. The Hall–Kier alpha value is -1.52. The molecule has 0 aliphatic carbocycles. The number of alkyl halides is 3. The summed E-state index contributed by atoms with van der Waals surface area (Å²) < 4.78 is 42.4. The van der Waals surface area contributed by atoms with Crippen molar-refractivity contribution in [1.29, 1.82) is 0 Å². The van der Waals surface area contributed by atoms with Gasteiger partial charge in [-0.25, -0.2) is 0 Å². The summed E-state index contributed by atoms with van der Waals surface area (Å²) in [6.45, 7) is 5.12. The molecule has 100 valence electrons. The van der Waals surface area contributed by atoms with E-state index in [0.29, 0.717) is 5.56 Å². The molecule has 0 aliphatic rings. The van der Waals surface area contributed by atoms with E-state index in [4.69, 9.17) is 4.74 Å². The Morgan fingerprint density at radius 1 is 1.22 bits per heavy atom. The fraction of sp³-hybridized carbons (Fsp3) is 0.462. The summed E-state index contributed by atoms with van der Waals surface area (Å²) in [6, 6.07) is 4.68. The van der Waals surface area contributed by atoms with Gasteiger partial charge >= 0.3 is 12.1 Å². The molecule has 0 heterocycles. The molecule has 18 heavy (non-hydrogen) atoms. The molecule has 0 bridgehead atoms. The van der Waals surface area contributed by atoms with E-state index in [-0.39, 0.29) is 6.42 Å². The number of carbonyl (C=O) groups excluding carboxylic acids is 1. The van der Waals surface area contributed by atoms with Crippen LogP contribution in [-0.2, 0) is 22.1 Å². The first-order valence-corrected chi connectivity index (χ1v) is 5.46. The number of hydrogen-bond donors (Lipinski definition) is 0. The number of esters is 1. The van der Waals surface area contributed by atoms with Crippen LogP contribution in [0.5, 0.6) is 0 Å². The Balaban J connectivity index is 2.77. The second kappa shape index (κ2) is 5.00. The first-order valence-electron chi connectivity index (χ1n) is 5.46. The lowest BCUT2D eigenvalue weighted by Gasteiger charge is -2.19. The van der Waals surface area contributed by atoms with Gasteiger partial charge in [0.25, 0.3) is 0 Å². The summed E-state index contributed by atoms with van der Waals surface area (Å²) in [6.07, 6.45) is -4.56. The molecular weight excluding hydrogens is 245 g/mol. The summed E-state index contributed by atoms with van der Waals surface area (Å²) in [4.78, 5) is 11.5. The van der Waals surface area contributed by atoms with Crippen LogP contribution in [0.3, 0.4) is 0 Å². The number of ether oxygens (including phenoxy) is 1. The molecule has 0 fully saturated rings. The van der Waals surface area contributed by atoms with Gasteiger partial charge in [0.2, 0.25) is 0 Å². The Morgan fingerprint density at radius 2 is 1.83 bits per heavy atom. The molecule has 5 heteroatoms. The largest absolute Gasteiger partial charge is 0.460 e. The zero-order chi connectivity index (χ0) is 14.0. The average molecular weight is 260 g/mol. The van der Waals surface area contributed by atoms with Crippen molar-refractivity contribution >= 4 is 5.97 Å². The minimum atomic E-state index is -4.40. The van der Waals surface area contributed by atoms with Crippen LogP contribution < -0.4 is 0 Å². The third kappa shape index (κ3) is 4.77. The molecule has 1 rings (SSSR count). The van der Waals surface area contributed by atoms with Gasteiger partial charge in [-0.2, -0.15) is 13.2 Å². The average Bonchev–Trinajstić information content (AvgIpc) is 2.13. The van der Waals surface area contributed by atoms with Crippen molar-refractivity contribution < 1.29 is 22.7 Å². The van der Waals surface area contributed by atoms with E-state index in [1.807, 2.05) is 0 Å². The molecule has 0 spiro atoms. The highest BCUT2D eigenvalue weighted by Gasteiger charge is 2.30. The highest BCUT2D eigenvalue weighted by atomic mass is 19.4. The van der Waals surface area contributed by atoms with Gasteiger partial charge in [0.15, 0.2) is 0 Å². The third-order valence-corrected chi connectivity index (χ3v) is 2.02. The van der Waals surface area contributed by atoms with Crippen molar-refractivity contribution in [2.75, 3.05) is 0 Å². The smallest absolute Gasteiger partial charge is 0.416 e. The van der Waals surface area contributed by atoms with Crippen LogP contribution >= 0.6 is 0 Å². The first kappa shape index (κ1) is 14.5. The van der Waals surface area contributed by atoms with Gasteiger partial charge in [0, 0.05) is 0 Å². The molecule has 0 saturated carbocycles. The van der Waals surface area contributed by atoms with Crippen LogP contribution in [0.1, 0.15) is 31.9 Å². The maximum atomic E-state index is 12.5. The van der Waals surface area contributed by atoms with E-state index in [0.717, 1.165) is 12.1 Å². The van der Waals surface area contributed by atoms with Crippen molar-refractivity contribution in [3.05, 3.63) is 35.4 Å². The summed E-state index contributed by atoms with van der Waals surface area (Å²) in [5, 5.41) is 0. The normalized spacial score (nSPS) is 12.3. The lowest BCUT2D eigenvalue weighted by Crippen LogP contribution is -2.25. The molecule has 0 amide bonds. The standard InChI is InChI=1S/C13H15F3O2/c1-12(2,3)18-11(17)8-9-5-4-6-10(7-9)13(14,15)16/h4-7H,8H2,1-3H3. The molecule has 0 aliphatic heterocycles. The van der Waals surface area contributed by atoms with Gasteiger partial charge in [0.05, 0.1) is 12.0 Å². The minimum absolute atomic E-state index is 0.165. The molecule has 0 saturated heterocycles. The summed E-state index contributed by atoms with van der Waals surface area (Å²) in [5.41, 5.74) is -1.11. The van der Waals surface area contributed by atoms with E-state index < -0.39 is 23.3 Å². The predicted octanol–water partition coefficient (Wildman–Crippen LogP) is 3.59. The van der Waals surface area contributed by atoms with Crippen LogP contribution in [0.2, 0.25) is 0 Å². The maximum Gasteiger partial charge on any atom is 0.416 e. The van der Waals surface area contributed by atoms with Crippen LogP contribution in [0, 0.1) is 0 Å². The summed E-state index contributed by atoms with van der Waals surface area (Å²) >= 11 is 0. The highest BCUT2D eigenvalue weighted by molar-refractivity contribution is 5.73. The molecule has 0 atom stereocenters. The zero-order valence-electron chi connectivity index (χ0n) is 10.5. The fourth-order valence-corrected chi connectivity index (χ4v) is 1.40. The van der Waals surface area contributed by atoms with Crippen molar-refractivity contribution in [3.8, 4) is 0 Å². The lowest BCUT2D eigenvalue weighted by molar-refractivity contribution is -0.154. The zero-order valence-corrected chi connectivity index (χ0v) is 10.5. The van der Waals surface area contributed by atoms with Gasteiger partial charge in [-0.15, -0.1) is 0 Å². The minimum Gasteiger partial charge on any atom is -0.460 e. The molecule has 2 nitrogen and oxygen atoms in total. The van der Waals surface area contributed by atoms with E-state index in [1.165, 1.54) is 12.1 Å². The van der Waals surface area contributed by atoms with Crippen LogP contribution in [0.25, 0.3) is 0 Å². The number of hydrogen-bond acceptors (Lipinski definition) is 2. The molecule has 1 aromatic rings. The van der Waals surface area contributed by atoms with Gasteiger partial charge < -0.3 is 4.74 Å². The second-order valence-electron chi connectivity index (χ2n) is 4.96. The SMILES string of the molecule is CC(C)(C)OC(=O)Cc1cccc(C(F)(F)F)c1. The van der Waals surface area contributed by atoms with Crippen molar-refractivity contribution in [2.45, 2.75) is 39.0 Å². The van der Waals surface area contributed by atoms with Crippen molar-refractivity contribution in [3.63, 3.8) is 0 Å². The Kier molecular flexibility index (Phi) is 4.04. The highest BCUT2D eigenvalue weighted by Crippen LogP contribution is 2.29. The number of rotatable bonds is 2. The van der Waals surface area contributed by atoms with Crippen LogP contribution in [0.4, 0.5) is 13.2 Å². The molecule has 0 N–H and O–H groups in total. The molecule has 0 aromatic heterocycles. The van der Waals surface area contributed by atoms with Crippen molar-refractivity contribution in [2.24, 2.45) is 0 Å². The van der Waals surface area contributed by atoms with E-state index in [9.17, 15) is 18.0 Å². The van der Waals surface area contributed by atoms with Crippen LogP contribution in [0.15, 0.2) is 24.3 Å². The fourth-order valence-electron chi connectivity index (χ4n) is 1.40. The monoisotopic (exact) mass is 260 g/mol. The first-order chi connectivity index (χ1) is 8.08. The Morgan fingerprint density at radius 3 is 2.33 bits per heavy atom. The van der Waals surface area contributed by atoms with Crippen molar-refractivity contribution in [1.82, 2.24) is 0 Å². The van der Waals surface area contributed by atoms with Gasteiger partial charge in [-0.05, 0) is 32.4 Å². The molecule has 0 unspecified atom stereocenters. The number of benzene rings is 1. The Labute approximate surface area is 104 Å². The second-order valence-corrected chi connectivity index (χ2v) is 4.96. The van der Waals surface area contributed by atoms with E-state index >= 15 is 0 Å². The third-order valence-electron chi connectivity index (χ3n) is 2.02. The van der Waals surface area contributed by atoms with Gasteiger partial charge in [0.1, 0.15) is 5.60 Å². The van der Waals surface area contributed by atoms with Gasteiger partial charge in [-0.3, -0.25) is 4.79 Å². The maximum absolute atomic E-state index is 12.5. The molecule has 0 radical (unpaired) electrons. The van der Waals surface area contributed by atoms with E-state index in [2.05, 4.69) is 0 Å². The van der Waals surface area contributed by atoms with E-state index in [1.54, 1.807) is 20.8 Å².